The number of carbonyl (C=O) groups excluding carboxylic acids is 1. The minimum Gasteiger partial charge on any atom is -0.481 e. The predicted molar refractivity (Wildman–Crippen MR) is 92.3 cm³/mol. The molecule has 1 fully saturated rings. The molecule has 0 aromatic carbocycles. The van der Waals surface area contributed by atoms with Gasteiger partial charge >= 0.3 is 5.97 Å². The van der Waals surface area contributed by atoms with E-state index >= 15 is 0 Å². The second-order valence-corrected chi connectivity index (χ2v) is 7.71. The van der Waals surface area contributed by atoms with E-state index in [4.69, 9.17) is 0 Å². The largest absolute Gasteiger partial charge is 0.481 e. The summed E-state index contributed by atoms with van der Waals surface area (Å²) in [6.45, 7) is 4.41. The Bertz CT molecular complexity index is 524. The molecule has 1 aliphatic rings. The van der Waals surface area contributed by atoms with Crippen molar-refractivity contribution in [2.24, 2.45) is 11.8 Å². The summed E-state index contributed by atoms with van der Waals surface area (Å²) in [7, 11) is 2.95. The lowest BCUT2D eigenvalue weighted by Crippen LogP contribution is -2.50. The molecule has 1 amide bonds. The van der Waals surface area contributed by atoms with Gasteiger partial charge in [0.25, 0.3) is 0 Å². The SMILES string of the molecule is CC(C(=O)O)C(CSSc1ccccn1)C(=O)N1CCNCC1. The Labute approximate surface area is 143 Å². The third kappa shape index (κ3) is 5.40. The molecule has 2 unspecified atom stereocenters. The molecule has 0 spiro atoms. The van der Waals surface area contributed by atoms with Crippen molar-refractivity contribution >= 4 is 33.5 Å². The van der Waals surface area contributed by atoms with Gasteiger partial charge < -0.3 is 15.3 Å². The van der Waals surface area contributed by atoms with Gasteiger partial charge in [-0.05, 0) is 22.9 Å². The first-order chi connectivity index (χ1) is 11.1. The third-order valence-electron chi connectivity index (χ3n) is 3.77. The highest BCUT2D eigenvalue weighted by atomic mass is 33.1. The maximum absolute atomic E-state index is 12.7. The van der Waals surface area contributed by atoms with E-state index in [1.165, 1.54) is 21.6 Å². The van der Waals surface area contributed by atoms with Crippen molar-refractivity contribution in [3.63, 3.8) is 0 Å². The molecule has 1 aliphatic heterocycles. The van der Waals surface area contributed by atoms with Gasteiger partial charge in [-0.3, -0.25) is 9.59 Å². The number of hydrogen-bond donors (Lipinski definition) is 2. The van der Waals surface area contributed by atoms with Gasteiger partial charge in [-0.2, -0.15) is 0 Å². The monoisotopic (exact) mass is 355 g/mol. The Morgan fingerprint density at radius 1 is 1.39 bits per heavy atom. The van der Waals surface area contributed by atoms with Crippen LogP contribution in [0.15, 0.2) is 29.4 Å². The van der Waals surface area contributed by atoms with E-state index in [1.54, 1.807) is 18.0 Å². The van der Waals surface area contributed by atoms with Crippen molar-refractivity contribution in [1.82, 2.24) is 15.2 Å². The summed E-state index contributed by atoms with van der Waals surface area (Å²) in [5, 5.41) is 13.4. The molecule has 23 heavy (non-hydrogen) atoms. The number of rotatable bonds is 7. The quantitative estimate of drug-likeness (QED) is 0.719. The molecule has 0 radical (unpaired) electrons. The highest BCUT2D eigenvalue weighted by molar-refractivity contribution is 8.76. The highest BCUT2D eigenvalue weighted by Crippen LogP contribution is 2.33. The van der Waals surface area contributed by atoms with Gasteiger partial charge in [0.05, 0.1) is 11.8 Å². The van der Waals surface area contributed by atoms with Gasteiger partial charge in [0.15, 0.2) is 0 Å². The first kappa shape index (κ1) is 18.1. The van der Waals surface area contributed by atoms with E-state index in [0.717, 1.165) is 18.1 Å². The number of nitrogens with zero attached hydrogens (tertiary/aromatic N) is 2. The first-order valence-electron chi connectivity index (χ1n) is 7.52. The molecule has 126 valence electrons. The maximum atomic E-state index is 12.7. The van der Waals surface area contributed by atoms with E-state index < -0.39 is 17.8 Å². The van der Waals surface area contributed by atoms with Crippen molar-refractivity contribution in [3.05, 3.63) is 24.4 Å². The molecule has 1 saturated heterocycles. The van der Waals surface area contributed by atoms with Gasteiger partial charge in [-0.25, -0.2) is 4.98 Å². The normalized spacial score (nSPS) is 17.5. The number of aromatic nitrogens is 1. The fourth-order valence-corrected chi connectivity index (χ4v) is 4.59. The second kappa shape index (κ2) is 9.14. The molecule has 2 atom stereocenters. The predicted octanol–water partition coefficient (Wildman–Crippen LogP) is 1.59. The van der Waals surface area contributed by atoms with Gasteiger partial charge in [0, 0.05) is 38.1 Å². The van der Waals surface area contributed by atoms with Crippen LogP contribution in [0.4, 0.5) is 0 Å². The molecule has 8 heteroatoms. The summed E-state index contributed by atoms with van der Waals surface area (Å²) in [6, 6.07) is 5.64. The van der Waals surface area contributed by atoms with Gasteiger partial charge in [0.2, 0.25) is 5.91 Å². The zero-order valence-corrected chi connectivity index (χ0v) is 14.6. The molecule has 2 N–H and O–H groups in total. The van der Waals surface area contributed by atoms with Crippen LogP contribution in [0.5, 0.6) is 0 Å². The number of amides is 1. The van der Waals surface area contributed by atoms with E-state index in [2.05, 4.69) is 10.3 Å². The van der Waals surface area contributed by atoms with Crippen molar-refractivity contribution in [1.29, 1.82) is 0 Å². The molecule has 2 heterocycles. The first-order valence-corrected chi connectivity index (χ1v) is 9.84. The fourth-order valence-electron chi connectivity index (χ4n) is 2.29. The molecule has 1 aromatic rings. The summed E-state index contributed by atoms with van der Waals surface area (Å²) in [6.07, 6.45) is 1.71. The Morgan fingerprint density at radius 2 is 2.13 bits per heavy atom. The number of piperazine rings is 1. The topological polar surface area (TPSA) is 82.5 Å². The highest BCUT2D eigenvalue weighted by Gasteiger charge is 2.33. The van der Waals surface area contributed by atoms with Crippen molar-refractivity contribution in [2.45, 2.75) is 11.9 Å². The van der Waals surface area contributed by atoms with E-state index in [-0.39, 0.29) is 5.91 Å². The van der Waals surface area contributed by atoms with E-state index in [1.807, 2.05) is 18.2 Å². The lowest BCUT2D eigenvalue weighted by Gasteiger charge is -2.32. The van der Waals surface area contributed by atoms with Crippen LogP contribution in [-0.2, 0) is 9.59 Å². The summed E-state index contributed by atoms with van der Waals surface area (Å²) < 4.78 is 0. The van der Waals surface area contributed by atoms with Gasteiger partial charge in [-0.15, -0.1) is 0 Å². The standard InChI is InChI=1S/C15H21N3O3S2/c1-11(15(20)21)12(14(19)18-8-6-16-7-9-18)10-22-23-13-4-2-3-5-17-13/h2-5,11-12,16H,6-10H2,1H3,(H,20,21). The summed E-state index contributed by atoms with van der Waals surface area (Å²) >= 11 is 0. The number of hydrogen-bond acceptors (Lipinski definition) is 6. The molecular weight excluding hydrogens is 334 g/mol. The van der Waals surface area contributed by atoms with Crippen LogP contribution in [0.2, 0.25) is 0 Å². The third-order valence-corrected chi connectivity index (χ3v) is 6.07. The second-order valence-electron chi connectivity index (χ2n) is 5.34. The van der Waals surface area contributed by atoms with Crippen LogP contribution in [0, 0.1) is 11.8 Å². The average molecular weight is 355 g/mol. The Morgan fingerprint density at radius 3 is 2.74 bits per heavy atom. The Balaban J connectivity index is 1.96. The molecule has 2 rings (SSSR count). The maximum Gasteiger partial charge on any atom is 0.307 e. The lowest BCUT2D eigenvalue weighted by molar-refractivity contribution is -0.149. The van der Waals surface area contributed by atoms with Crippen LogP contribution < -0.4 is 5.32 Å². The number of pyridine rings is 1. The smallest absolute Gasteiger partial charge is 0.307 e. The van der Waals surface area contributed by atoms with Crippen LogP contribution in [0.25, 0.3) is 0 Å². The molecule has 1 aromatic heterocycles. The van der Waals surface area contributed by atoms with Crippen LogP contribution >= 0.6 is 21.6 Å². The van der Waals surface area contributed by atoms with E-state index in [9.17, 15) is 14.7 Å². The zero-order valence-electron chi connectivity index (χ0n) is 13.0. The Hall–Kier alpha value is -1.25. The average Bonchev–Trinajstić information content (AvgIpc) is 2.59. The lowest BCUT2D eigenvalue weighted by atomic mass is 9.94. The molecule has 0 aliphatic carbocycles. The number of aliphatic carboxylic acids is 1. The number of carboxylic acid groups (broad SMARTS) is 1. The fraction of sp³-hybridized carbons (Fsp3) is 0.533. The molecular formula is C15H21N3O3S2. The summed E-state index contributed by atoms with van der Waals surface area (Å²) in [5.41, 5.74) is 0. The van der Waals surface area contributed by atoms with Crippen LogP contribution in [-0.4, -0.2) is 58.8 Å². The van der Waals surface area contributed by atoms with Gasteiger partial charge in [0.1, 0.15) is 5.03 Å². The van der Waals surface area contributed by atoms with Crippen molar-refractivity contribution in [2.75, 3.05) is 31.9 Å². The summed E-state index contributed by atoms with van der Waals surface area (Å²) in [5.74, 6) is -1.75. The molecule has 0 saturated carbocycles. The minimum absolute atomic E-state index is 0.0597. The number of carboxylic acids is 1. The van der Waals surface area contributed by atoms with Crippen LogP contribution in [0.1, 0.15) is 6.92 Å². The number of nitrogens with one attached hydrogen (secondary N) is 1. The Kier molecular flexibility index (Phi) is 7.19. The van der Waals surface area contributed by atoms with E-state index in [0.29, 0.717) is 18.8 Å². The van der Waals surface area contributed by atoms with Gasteiger partial charge in [-0.1, -0.05) is 23.8 Å². The number of carbonyl (C=O) groups is 2. The van der Waals surface area contributed by atoms with Crippen molar-refractivity contribution < 1.29 is 14.7 Å². The van der Waals surface area contributed by atoms with Crippen LogP contribution in [0.3, 0.4) is 0 Å². The summed E-state index contributed by atoms with van der Waals surface area (Å²) in [4.78, 5) is 30.0. The zero-order chi connectivity index (χ0) is 16.7. The van der Waals surface area contributed by atoms with Crippen molar-refractivity contribution in [3.8, 4) is 0 Å². The molecule has 6 nitrogen and oxygen atoms in total. The minimum atomic E-state index is -0.929. The molecule has 0 bridgehead atoms.